The number of thioether (sulfide) groups is 1. The molecule has 2 aromatic rings. The zero-order valence-corrected chi connectivity index (χ0v) is 15.8. The zero-order valence-electron chi connectivity index (χ0n) is 12.6. The van der Waals surface area contributed by atoms with Crippen LogP contribution >= 0.6 is 47.4 Å². The standard InChI is InChI=1S/C17H19Cl2NS.ClH/c1-20(2)11-12-21-17(13-7-9-14(18)10-8-13)15-5-3-4-6-16(15)19;/h3-10,17H,11-12H2,1-2H3;1H. The van der Waals surface area contributed by atoms with Gasteiger partial charge in [0, 0.05) is 22.3 Å². The van der Waals surface area contributed by atoms with Gasteiger partial charge in [-0.15, -0.1) is 24.2 Å². The van der Waals surface area contributed by atoms with Crippen LogP contribution in [0.1, 0.15) is 16.4 Å². The first-order valence-corrected chi connectivity index (χ1v) is 8.64. The third kappa shape index (κ3) is 5.68. The SMILES string of the molecule is CN(C)CCSC(c1ccc(Cl)cc1)c1ccccc1Cl.Cl. The van der Waals surface area contributed by atoms with Crippen LogP contribution in [0.4, 0.5) is 0 Å². The minimum absolute atomic E-state index is 0. The highest BCUT2D eigenvalue weighted by Crippen LogP contribution is 2.39. The van der Waals surface area contributed by atoms with Gasteiger partial charge in [0.15, 0.2) is 0 Å². The largest absolute Gasteiger partial charge is 0.309 e. The fourth-order valence-corrected chi connectivity index (χ4v) is 3.92. The predicted molar refractivity (Wildman–Crippen MR) is 103 cm³/mol. The highest BCUT2D eigenvalue weighted by Gasteiger charge is 2.17. The molecule has 5 heteroatoms. The molecule has 2 rings (SSSR count). The normalized spacial score (nSPS) is 12.0. The van der Waals surface area contributed by atoms with E-state index in [1.165, 1.54) is 5.56 Å². The quantitative estimate of drug-likeness (QED) is 0.627. The van der Waals surface area contributed by atoms with Crippen LogP contribution in [0.3, 0.4) is 0 Å². The first-order valence-electron chi connectivity index (χ1n) is 6.84. The van der Waals surface area contributed by atoms with Gasteiger partial charge in [-0.3, -0.25) is 0 Å². The second kappa shape index (κ2) is 9.69. The van der Waals surface area contributed by atoms with Crippen LogP contribution in [0, 0.1) is 0 Å². The predicted octanol–water partition coefficient (Wildman–Crippen LogP) is 5.80. The lowest BCUT2D eigenvalue weighted by molar-refractivity contribution is 0.437. The molecule has 0 fully saturated rings. The van der Waals surface area contributed by atoms with Gasteiger partial charge in [-0.2, -0.15) is 0 Å². The number of halogens is 3. The molecule has 0 N–H and O–H groups in total. The van der Waals surface area contributed by atoms with Crippen LogP contribution in [-0.2, 0) is 0 Å². The van der Waals surface area contributed by atoms with Crippen LogP contribution in [0.25, 0.3) is 0 Å². The lowest BCUT2D eigenvalue weighted by Crippen LogP contribution is -2.15. The molecule has 22 heavy (non-hydrogen) atoms. The van der Waals surface area contributed by atoms with E-state index in [1.807, 2.05) is 42.1 Å². The molecular weight excluding hydrogens is 357 g/mol. The molecule has 1 atom stereocenters. The number of hydrogen-bond acceptors (Lipinski definition) is 2. The Hall–Kier alpha value is -0.380. The Balaban J connectivity index is 0.00000242. The minimum Gasteiger partial charge on any atom is -0.309 e. The van der Waals surface area contributed by atoms with Gasteiger partial charge in [-0.25, -0.2) is 0 Å². The molecule has 0 aliphatic carbocycles. The van der Waals surface area contributed by atoms with Crippen molar-refractivity contribution in [3.63, 3.8) is 0 Å². The van der Waals surface area contributed by atoms with Crippen molar-refractivity contribution in [3.8, 4) is 0 Å². The molecular formula is C17H20Cl3NS. The van der Waals surface area contributed by atoms with E-state index in [-0.39, 0.29) is 17.7 Å². The topological polar surface area (TPSA) is 3.24 Å². The molecule has 0 amide bonds. The molecule has 0 bridgehead atoms. The Labute approximate surface area is 153 Å². The molecule has 0 heterocycles. The molecule has 0 aliphatic heterocycles. The highest BCUT2D eigenvalue weighted by atomic mass is 35.5. The van der Waals surface area contributed by atoms with E-state index in [9.17, 15) is 0 Å². The summed E-state index contributed by atoms with van der Waals surface area (Å²) in [4.78, 5) is 2.19. The van der Waals surface area contributed by atoms with E-state index in [2.05, 4.69) is 37.2 Å². The van der Waals surface area contributed by atoms with Gasteiger partial charge in [0.25, 0.3) is 0 Å². The molecule has 1 unspecified atom stereocenters. The average molecular weight is 377 g/mol. The molecule has 0 saturated carbocycles. The lowest BCUT2D eigenvalue weighted by atomic mass is 10.0. The maximum Gasteiger partial charge on any atom is 0.0561 e. The van der Waals surface area contributed by atoms with Crippen molar-refractivity contribution in [1.29, 1.82) is 0 Å². The Morgan fingerprint density at radius 1 is 1.00 bits per heavy atom. The van der Waals surface area contributed by atoms with Crippen molar-refractivity contribution in [3.05, 3.63) is 69.7 Å². The van der Waals surface area contributed by atoms with Crippen molar-refractivity contribution < 1.29 is 0 Å². The van der Waals surface area contributed by atoms with Crippen LogP contribution in [0.5, 0.6) is 0 Å². The number of hydrogen-bond donors (Lipinski definition) is 0. The Bertz CT molecular complexity index is 572. The summed E-state index contributed by atoms with van der Waals surface area (Å²) in [5.41, 5.74) is 2.39. The average Bonchev–Trinajstić information content (AvgIpc) is 2.46. The van der Waals surface area contributed by atoms with Crippen molar-refractivity contribution in [2.45, 2.75) is 5.25 Å². The van der Waals surface area contributed by atoms with Gasteiger partial charge in [-0.1, -0.05) is 53.5 Å². The fourth-order valence-electron chi connectivity index (χ4n) is 2.04. The van der Waals surface area contributed by atoms with Crippen LogP contribution < -0.4 is 0 Å². The Kier molecular flexibility index (Phi) is 8.66. The van der Waals surface area contributed by atoms with E-state index in [0.29, 0.717) is 0 Å². The van der Waals surface area contributed by atoms with E-state index in [4.69, 9.17) is 23.2 Å². The third-order valence-electron chi connectivity index (χ3n) is 3.18. The number of nitrogens with zero attached hydrogens (tertiary/aromatic N) is 1. The molecule has 0 radical (unpaired) electrons. The molecule has 0 aliphatic rings. The first kappa shape index (κ1) is 19.7. The highest BCUT2D eigenvalue weighted by molar-refractivity contribution is 7.99. The van der Waals surface area contributed by atoms with E-state index < -0.39 is 0 Å². The molecule has 1 nitrogen and oxygen atoms in total. The van der Waals surface area contributed by atoms with Crippen LogP contribution in [0.15, 0.2) is 48.5 Å². The Morgan fingerprint density at radius 3 is 2.23 bits per heavy atom. The van der Waals surface area contributed by atoms with Crippen molar-refractivity contribution in [2.24, 2.45) is 0 Å². The number of benzene rings is 2. The molecule has 2 aromatic carbocycles. The maximum atomic E-state index is 6.39. The van der Waals surface area contributed by atoms with Gasteiger partial charge in [-0.05, 0) is 43.4 Å². The van der Waals surface area contributed by atoms with E-state index >= 15 is 0 Å². The second-order valence-corrected chi connectivity index (χ2v) is 7.18. The first-order chi connectivity index (χ1) is 10.1. The van der Waals surface area contributed by atoms with E-state index in [0.717, 1.165) is 27.9 Å². The smallest absolute Gasteiger partial charge is 0.0561 e. The molecule has 0 saturated heterocycles. The second-order valence-electron chi connectivity index (χ2n) is 5.13. The summed E-state index contributed by atoms with van der Waals surface area (Å²) in [6.07, 6.45) is 0. The van der Waals surface area contributed by atoms with Gasteiger partial charge in [0.2, 0.25) is 0 Å². The maximum absolute atomic E-state index is 6.39. The van der Waals surface area contributed by atoms with Crippen molar-refractivity contribution in [2.75, 3.05) is 26.4 Å². The molecule has 120 valence electrons. The monoisotopic (exact) mass is 375 g/mol. The summed E-state index contributed by atoms with van der Waals surface area (Å²) in [5, 5.41) is 1.81. The summed E-state index contributed by atoms with van der Waals surface area (Å²) in [6, 6.07) is 16.1. The van der Waals surface area contributed by atoms with Crippen LogP contribution in [-0.4, -0.2) is 31.3 Å². The van der Waals surface area contributed by atoms with Crippen molar-refractivity contribution >= 4 is 47.4 Å². The third-order valence-corrected chi connectivity index (χ3v) is 5.06. The van der Waals surface area contributed by atoms with Gasteiger partial charge < -0.3 is 4.90 Å². The summed E-state index contributed by atoms with van der Waals surface area (Å²) in [6.45, 7) is 1.04. The van der Waals surface area contributed by atoms with Gasteiger partial charge in [0.1, 0.15) is 0 Å². The summed E-state index contributed by atoms with van der Waals surface area (Å²) >= 11 is 14.3. The molecule has 0 aromatic heterocycles. The Morgan fingerprint density at radius 2 is 1.64 bits per heavy atom. The summed E-state index contributed by atoms with van der Waals surface area (Å²) < 4.78 is 0. The lowest BCUT2D eigenvalue weighted by Gasteiger charge is -2.20. The van der Waals surface area contributed by atoms with Crippen LogP contribution in [0.2, 0.25) is 10.0 Å². The van der Waals surface area contributed by atoms with E-state index in [1.54, 1.807) is 0 Å². The van der Waals surface area contributed by atoms with Gasteiger partial charge >= 0.3 is 0 Å². The van der Waals surface area contributed by atoms with Gasteiger partial charge in [0.05, 0.1) is 5.25 Å². The molecule has 0 spiro atoms. The summed E-state index contributed by atoms with van der Waals surface area (Å²) in [7, 11) is 4.18. The fraction of sp³-hybridized carbons (Fsp3) is 0.294. The number of rotatable bonds is 6. The van der Waals surface area contributed by atoms with Crippen molar-refractivity contribution in [1.82, 2.24) is 4.90 Å². The zero-order chi connectivity index (χ0) is 15.2. The summed E-state index contributed by atoms with van der Waals surface area (Å²) in [5.74, 6) is 1.05. The minimum atomic E-state index is 0.